The number of benzene rings is 2. The van der Waals surface area contributed by atoms with Gasteiger partial charge in [-0.2, -0.15) is 0 Å². The van der Waals surface area contributed by atoms with Gasteiger partial charge in [-0.25, -0.2) is 0 Å². The minimum absolute atomic E-state index is 0.0698. The molecule has 0 saturated heterocycles. The number of likely N-dealkylation sites (N-methyl/N-ethyl adjacent to an activating group) is 1. The highest BCUT2D eigenvalue weighted by molar-refractivity contribution is 5.94. The summed E-state index contributed by atoms with van der Waals surface area (Å²) in [6.07, 6.45) is 0. The minimum atomic E-state index is -0.0698. The predicted molar refractivity (Wildman–Crippen MR) is 83.9 cm³/mol. The molecule has 0 aliphatic carbocycles. The molecule has 0 bridgehead atoms. The first-order valence-corrected chi connectivity index (χ1v) is 6.48. The molecule has 0 radical (unpaired) electrons. The molecule has 2 rings (SSSR count). The number of nitrogen functional groups attached to an aromatic ring is 1. The van der Waals surface area contributed by atoms with E-state index in [1.54, 1.807) is 6.07 Å². The maximum absolute atomic E-state index is 12.0. The van der Waals surface area contributed by atoms with Crippen LogP contribution in [0.5, 0.6) is 0 Å². The van der Waals surface area contributed by atoms with Crippen molar-refractivity contribution in [3.05, 3.63) is 54.1 Å². The first-order chi connectivity index (χ1) is 9.56. The third-order valence-electron chi connectivity index (χ3n) is 3.14. The number of aryl methyl sites for hydroxylation is 1. The van der Waals surface area contributed by atoms with E-state index in [0.717, 1.165) is 16.9 Å². The van der Waals surface area contributed by atoms with E-state index >= 15 is 0 Å². The van der Waals surface area contributed by atoms with Crippen LogP contribution >= 0.6 is 0 Å². The monoisotopic (exact) mass is 269 g/mol. The van der Waals surface area contributed by atoms with Gasteiger partial charge in [0.05, 0.1) is 6.54 Å². The number of amides is 1. The summed E-state index contributed by atoms with van der Waals surface area (Å²) in [4.78, 5) is 13.9. The molecule has 2 aromatic carbocycles. The number of nitrogens with zero attached hydrogens (tertiary/aromatic N) is 1. The van der Waals surface area contributed by atoms with Gasteiger partial charge < -0.3 is 16.0 Å². The van der Waals surface area contributed by atoms with Crippen LogP contribution in [0.4, 0.5) is 17.1 Å². The van der Waals surface area contributed by atoms with Crippen molar-refractivity contribution in [2.45, 2.75) is 6.92 Å². The Morgan fingerprint density at radius 2 is 1.90 bits per heavy atom. The van der Waals surface area contributed by atoms with E-state index in [-0.39, 0.29) is 12.5 Å². The first kappa shape index (κ1) is 13.9. The van der Waals surface area contributed by atoms with Crippen LogP contribution < -0.4 is 16.0 Å². The van der Waals surface area contributed by atoms with E-state index in [1.807, 2.05) is 61.3 Å². The Morgan fingerprint density at radius 3 is 2.55 bits per heavy atom. The highest BCUT2D eigenvalue weighted by atomic mass is 16.2. The number of para-hydroxylation sites is 1. The summed E-state index contributed by atoms with van der Waals surface area (Å²) in [5.41, 5.74) is 9.24. The van der Waals surface area contributed by atoms with Gasteiger partial charge in [-0.3, -0.25) is 4.79 Å². The van der Waals surface area contributed by atoms with E-state index in [2.05, 4.69) is 5.32 Å². The summed E-state index contributed by atoms with van der Waals surface area (Å²) in [6.45, 7) is 2.22. The van der Waals surface area contributed by atoms with Crippen LogP contribution in [0.1, 0.15) is 5.56 Å². The van der Waals surface area contributed by atoms with Crippen molar-refractivity contribution < 1.29 is 4.79 Å². The molecule has 4 nitrogen and oxygen atoms in total. The number of anilines is 3. The number of hydrogen-bond donors (Lipinski definition) is 2. The average molecular weight is 269 g/mol. The normalized spacial score (nSPS) is 10.1. The van der Waals surface area contributed by atoms with Crippen LogP contribution in [0, 0.1) is 6.92 Å². The number of rotatable bonds is 4. The predicted octanol–water partition coefficient (Wildman–Crippen LogP) is 2.65. The van der Waals surface area contributed by atoms with Gasteiger partial charge >= 0.3 is 0 Å². The van der Waals surface area contributed by atoms with E-state index in [0.29, 0.717) is 5.69 Å². The number of nitrogens with one attached hydrogen (secondary N) is 1. The van der Waals surface area contributed by atoms with Gasteiger partial charge in [0.15, 0.2) is 0 Å². The zero-order chi connectivity index (χ0) is 14.5. The Morgan fingerprint density at radius 1 is 1.20 bits per heavy atom. The standard InChI is InChI=1S/C16H19N3O/c1-12-8-9-13(10-15(12)17)18-16(20)11-19(2)14-6-4-3-5-7-14/h3-10H,11,17H2,1-2H3,(H,18,20). The van der Waals surface area contributed by atoms with Crippen molar-refractivity contribution in [3.8, 4) is 0 Å². The van der Waals surface area contributed by atoms with Gasteiger partial charge in [0, 0.05) is 24.1 Å². The molecule has 20 heavy (non-hydrogen) atoms. The van der Waals surface area contributed by atoms with E-state index < -0.39 is 0 Å². The van der Waals surface area contributed by atoms with Crippen LogP contribution in [0.2, 0.25) is 0 Å². The molecule has 3 N–H and O–H groups in total. The van der Waals surface area contributed by atoms with Crippen LogP contribution in [0.3, 0.4) is 0 Å². The van der Waals surface area contributed by atoms with Gasteiger partial charge in [0.25, 0.3) is 0 Å². The average Bonchev–Trinajstić information content (AvgIpc) is 2.44. The lowest BCUT2D eigenvalue weighted by molar-refractivity contribution is -0.114. The van der Waals surface area contributed by atoms with E-state index in [4.69, 9.17) is 5.73 Å². The fourth-order valence-corrected chi connectivity index (χ4v) is 1.91. The van der Waals surface area contributed by atoms with Crippen LogP contribution in [-0.2, 0) is 4.79 Å². The summed E-state index contributed by atoms with van der Waals surface area (Å²) >= 11 is 0. The zero-order valence-corrected chi connectivity index (χ0v) is 11.8. The Hall–Kier alpha value is -2.49. The third kappa shape index (κ3) is 3.51. The molecular formula is C16H19N3O. The molecule has 0 saturated carbocycles. The van der Waals surface area contributed by atoms with Crippen LogP contribution in [-0.4, -0.2) is 19.5 Å². The van der Waals surface area contributed by atoms with E-state index in [9.17, 15) is 4.79 Å². The van der Waals surface area contributed by atoms with Gasteiger partial charge in [-0.15, -0.1) is 0 Å². The SMILES string of the molecule is Cc1ccc(NC(=O)CN(C)c2ccccc2)cc1N. The molecule has 0 aromatic heterocycles. The smallest absolute Gasteiger partial charge is 0.243 e. The second kappa shape index (κ2) is 6.10. The van der Waals surface area contributed by atoms with Crippen molar-refractivity contribution in [2.75, 3.05) is 29.5 Å². The fourth-order valence-electron chi connectivity index (χ4n) is 1.91. The fraction of sp³-hybridized carbons (Fsp3) is 0.188. The van der Waals surface area contributed by atoms with Crippen molar-refractivity contribution in [1.29, 1.82) is 0 Å². The van der Waals surface area contributed by atoms with Gasteiger partial charge in [0.2, 0.25) is 5.91 Å². The van der Waals surface area contributed by atoms with Crippen molar-refractivity contribution >= 4 is 23.0 Å². The Bertz CT molecular complexity index is 596. The summed E-state index contributed by atoms with van der Waals surface area (Å²) in [6, 6.07) is 15.3. The quantitative estimate of drug-likeness (QED) is 0.839. The highest BCUT2D eigenvalue weighted by Crippen LogP contribution is 2.17. The summed E-state index contributed by atoms with van der Waals surface area (Å²) in [5, 5.41) is 2.85. The Kier molecular flexibility index (Phi) is 4.25. The molecule has 0 aliphatic heterocycles. The Labute approximate surface area is 119 Å². The molecule has 0 atom stereocenters. The minimum Gasteiger partial charge on any atom is -0.398 e. The van der Waals surface area contributed by atoms with Crippen molar-refractivity contribution in [2.24, 2.45) is 0 Å². The molecule has 4 heteroatoms. The maximum Gasteiger partial charge on any atom is 0.243 e. The van der Waals surface area contributed by atoms with Crippen LogP contribution in [0.15, 0.2) is 48.5 Å². The lowest BCUT2D eigenvalue weighted by Gasteiger charge is -2.18. The molecule has 0 heterocycles. The van der Waals surface area contributed by atoms with Crippen LogP contribution in [0.25, 0.3) is 0 Å². The topological polar surface area (TPSA) is 58.4 Å². The second-order valence-corrected chi connectivity index (χ2v) is 4.81. The summed E-state index contributed by atoms with van der Waals surface area (Å²) in [7, 11) is 1.89. The van der Waals surface area contributed by atoms with Crippen molar-refractivity contribution in [1.82, 2.24) is 0 Å². The molecule has 0 unspecified atom stereocenters. The molecule has 0 aliphatic rings. The van der Waals surface area contributed by atoms with Gasteiger partial charge in [-0.1, -0.05) is 24.3 Å². The number of carbonyl (C=O) groups is 1. The lowest BCUT2D eigenvalue weighted by Crippen LogP contribution is -2.30. The Balaban J connectivity index is 1.97. The molecule has 0 spiro atoms. The highest BCUT2D eigenvalue weighted by Gasteiger charge is 2.08. The summed E-state index contributed by atoms with van der Waals surface area (Å²) in [5.74, 6) is -0.0698. The molecule has 2 aromatic rings. The van der Waals surface area contributed by atoms with E-state index in [1.165, 1.54) is 0 Å². The number of carbonyl (C=O) groups excluding carboxylic acids is 1. The second-order valence-electron chi connectivity index (χ2n) is 4.81. The third-order valence-corrected chi connectivity index (χ3v) is 3.14. The summed E-state index contributed by atoms with van der Waals surface area (Å²) < 4.78 is 0. The first-order valence-electron chi connectivity index (χ1n) is 6.48. The number of hydrogen-bond acceptors (Lipinski definition) is 3. The maximum atomic E-state index is 12.0. The van der Waals surface area contributed by atoms with Gasteiger partial charge in [0.1, 0.15) is 0 Å². The largest absolute Gasteiger partial charge is 0.398 e. The zero-order valence-electron chi connectivity index (χ0n) is 11.8. The molecular weight excluding hydrogens is 250 g/mol. The molecule has 0 fully saturated rings. The van der Waals surface area contributed by atoms with Gasteiger partial charge in [-0.05, 0) is 36.8 Å². The molecule has 104 valence electrons. The molecule has 1 amide bonds. The van der Waals surface area contributed by atoms with Crippen molar-refractivity contribution in [3.63, 3.8) is 0 Å². The lowest BCUT2D eigenvalue weighted by atomic mass is 10.2. The number of nitrogens with two attached hydrogens (primary N) is 1.